The molecule has 1 saturated carbocycles. The van der Waals surface area contributed by atoms with E-state index in [4.69, 9.17) is 9.15 Å². The van der Waals surface area contributed by atoms with Gasteiger partial charge in [0.15, 0.2) is 5.58 Å². The molecule has 7 nitrogen and oxygen atoms in total. The first-order chi connectivity index (χ1) is 19.4. The molecule has 40 heavy (non-hydrogen) atoms. The van der Waals surface area contributed by atoms with Crippen LogP contribution in [0.1, 0.15) is 88.8 Å². The highest BCUT2D eigenvalue weighted by molar-refractivity contribution is 5.94. The molecule has 204 valence electrons. The van der Waals surface area contributed by atoms with Crippen molar-refractivity contribution in [2.45, 2.75) is 51.4 Å². The van der Waals surface area contributed by atoms with Crippen molar-refractivity contribution >= 4 is 23.0 Å². The molecular formula is C33H33N3O4. The number of methoxy groups -OCH3 is 1. The molecule has 1 amide bonds. The van der Waals surface area contributed by atoms with Crippen molar-refractivity contribution in [2.24, 2.45) is 5.92 Å². The van der Waals surface area contributed by atoms with E-state index in [0.717, 1.165) is 36.8 Å². The SMILES string of the molecule is COC(=O)c1ccc(C2CCC(CNC(=O)c3ccc(-c4nc5cc(C#N)cc(C(C)C)c5o4)cc3)CC2)cc1. The summed E-state index contributed by atoms with van der Waals surface area (Å²) in [4.78, 5) is 29.1. The topological polar surface area (TPSA) is 105 Å². The molecule has 5 rings (SSSR count). The minimum Gasteiger partial charge on any atom is -0.465 e. The van der Waals surface area contributed by atoms with Crippen LogP contribution in [0, 0.1) is 17.2 Å². The van der Waals surface area contributed by atoms with Crippen LogP contribution in [0.25, 0.3) is 22.6 Å². The number of benzene rings is 3. The molecule has 7 heteroatoms. The van der Waals surface area contributed by atoms with Gasteiger partial charge in [-0.15, -0.1) is 0 Å². The summed E-state index contributed by atoms with van der Waals surface area (Å²) in [5, 5.41) is 12.5. The van der Waals surface area contributed by atoms with Crippen molar-refractivity contribution < 1.29 is 18.7 Å². The lowest BCUT2D eigenvalue weighted by Gasteiger charge is -2.29. The van der Waals surface area contributed by atoms with E-state index < -0.39 is 0 Å². The van der Waals surface area contributed by atoms with Crippen LogP contribution in [0.3, 0.4) is 0 Å². The van der Waals surface area contributed by atoms with Gasteiger partial charge < -0.3 is 14.5 Å². The standard InChI is InChI=1S/C33H33N3O4/c1-20(2)28-16-22(18-34)17-29-30(28)40-32(36-29)26-12-10-25(11-13-26)31(37)35-19-21-4-6-23(7-5-21)24-8-14-27(15-9-24)33(38)39-3/h8-17,20-21,23H,4-7,19H2,1-3H3,(H,35,37). The number of carbonyl (C=O) groups is 2. The molecule has 1 heterocycles. The molecule has 0 aliphatic heterocycles. The van der Waals surface area contributed by atoms with Gasteiger partial charge >= 0.3 is 5.97 Å². The Balaban J connectivity index is 1.16. The van der Waals surface area contributed by atoms with Crippen LogP contribution in [0.5, 0.6) is 0 Å². The van der Waals surface area contributed by atoms with E-state index in [-0.39, 0.29) is 17.8 Å². The number of nitriles is 1. The Morgan fingerprint density at radius 2 is 1.70 bits per heavy atom. The summed E-state index contributed by atoms with van der Waals surface area (Å²) < 4.78 is 10.9. The predicted octanol–water partition coefficient (Wildman–Crippen LogP) is 6.98. The zero-order valence-electron chi connectivity index (χ0n) is 23.1. The highest BCUT2D eigenvalue weighted by Gasteiger charge is 2.23. The highest BCUT2D eigenvalue weighted by atomic mass is 16.5. The maximum absolute atomic E-state index is 12.8. The maximum Gasteiger partial charge on any atom is 0.337 e. The number of fused-ring (bicyclic) bond motifs is 1. The van der Waals surface area contributed by atoms with Crippen LogP contribution in [0.4, 0.5) is 0 Å². The van der Waals surface area contributed by atoms with Gasteiger partial charge in [0, 0.05) is 23.2 Å². The number of hydrogen-bond acceptors (Lipinski definition) is 6. The van der Waals surface area contributed by atoms with Gasteiger partial charge in [-0.3, -0.25) is 4.79 Å². The Kier molecular flexibility index (Phi) is 7.97. The van der Waals surface area contributed by atoms with Crippen molar-refractivity contribution in [2.75, 3.05) is 13.7 Å². The fourth-order valence-electron chi connectivity index (χ4n) is 5.49. The molecule has 0 spiro atoms. The first-order valence-corrected chi connectivity index (χ1v) is 13.8. The van der Waals surface area contributed by atoms with Gasteiger partial charge in [0.25, 0.3) is 5.91 Å². The Bertz CT molecular complexity index is 1550. The normalized spacial score (nSPS) is 17.0. The number of oxazole rings is 1. The second-order valence-corrected chi connectivity index (χ2v) is 10.8. The lowest BCUT2D eigenvalue weighted by Crippen LogP contribution is -2.31. The number of esters is 1. The fourth-order valence-corrected chi connectivity index (χ4v) is 5.49. The van der Waals surface area contributed by atoms with Crippen LogP contribution in [0.15, 0.2) is 65.1 Å². The van der Waals surface area contributed by atoms with Gasteiger partial charge in [0.2, 0.25) is 5.89 Å². The molecular weight excluding hydrogens is 502 g/mol. The molecule has 0 unspecified atom stereocenters. The Morgan fingerprint density at radius 1 is 1.02 bits per heavy atom. The van der Waals surface area contributed by atoms with Crippen LogP contribution in [-0.2, 0) is 4.74 Å². The lowest BCUT2D eigenvalue weighted by atomic mass is 9.78. The Labute approximate surface area is 234 Å². The van der Waals surface area contributed by atoms with Gasteiger partial charge in [-0.25, -0.2) is 9.78 Å². The predicted molar refractivity (Wildman–Crippen MR) is 153 cm³/mol. The van der Waals surface area contributed by atoms with E-state index in [1.54, 1.807) is 18.2 Å². The summed E-state index contributed by atoms with van der Waals surface area (Å²) in [5.74, 6) is 1.17. The van der Waals surface area contributed by atoms with E-state index >= 15 is 0 Å². The molecule has 0 atom stereocenters. The van der Waals surface area contributed by atoms with Crippen LogP contribution < -0.4 is 5.32 Å². The molecule has 0 radical (unpaired) electrons. The number of amides is 1. The first kappa shape index (κ1) is 27.1. The van der Waals surface area contributed by atoms with Crippen LogP contribution in [-0.4, -0.2) is 30.5 Å². The summed E-state index contributed by atoms with van der Waals surface area (Å²) in [6, 6.07) is 20.8. The molecule has 4 aromatic rings. The third-order valence-electron chi connectivity index (χ3n) is 7.87. The third-order valence-corrected chi connectivity index (χ3v) is 7.87. The van der Waals surface area contributed by atoms with Gasteiger partial charge in [0.05, 0.1) is 24.3 Å². The van der Waals surface area contributed by atoms with Gasteiger partial charge in [-0.1, -0.05) is 26.0 Å². The van der Waals surface area contributed by atoms with Crippen LogP contribution in [0.2, 0.25) is 0 Å². The number of aromatic nitrogens is 1. The van der Waals surface area contributed by atoms with Gasteiger partial charge in [-0.05, 0) is 97.5 Å². The number of rotatable bonds is 7. The minimum absolute atomic E-state index is 0.0922. The number of hydrogen-bond donors (Lipinski definition) is 1. The Hall–Kier alpha value is -4.44. The molecule has 1 N–H and O–H groups in total. The Morgan fingerprint density at radius 3 is 2.33 bits per heavy atom. The minimum atomic E-state index is -0.317. The summed E-state index contributed by atoms with van der Waals surface area (Å²) in [6.07, 6.45) is 4.22. The second-order valence-electron chi connectivity index (χ2n) is 10.8. The van der Waals surface area contributed by atoms with E-state index in [0.29, 0.717) is 52.1 Å². The quantitative estimate of drug-likeness (QED) is 0.256. The largest absolute Gasteiger partial charge is 0.465 e. The van der Waals surface area contributed by atoms with E-state index in [9.17, 15) is 14.9 Å². The third kappa shape index (κ3) is 5.76. The number of nitrogens with zero attached hydrogens (tertiary/aromatic N) is 2. The first-order valence-electron chi connectivity index (χ1n) is 13.8. The van der Waals surface area contributed by atoms with Crippen molar-refractivity contribution in [1.29, 1.82) is 5.26 Å². The van der Waals surface area contributed by atoms with Crippen molar-refractivity contribution in [1.82, 2.24) is 10.3 Å². The van der Waals surface area contributed by atoms with Crippen molar-refractivity contribution in [3.05, 3.63) is 88.5 Å². The second kappa shape index (κ2) is 11.7. The molecule has 1 aliphatic carbocycles. The smallest absolute Gasteiger partial charge is 0.337 e. The monoisotopic (exact) mass is 535 g/mol. The number of nitrogens with one attached hydrogen (secondary N) is 1. The average molecular weight is 536 g/mol. The van der Waals surface area contributed by atoms with Crippen molar-refractivity contribution in [3.8, 4) is 17.5 Å². The molecule has 0 bridgehead atoms. The van der Waals surface area contributed by atoms with E-state index in [1.165, 1.54) is 12.7 Å². The number of carbonyl (C=O) groups excluding carboxylic acids is 2. The summed E-state index contributed by atoms with van der Waals surface area (Å²) >= 11 is 0. The van der Waals surface area contributed by atoms with Crippen molar-refractivity contribution in [3.63, 3.8) is 0 Å². The maximum atomic E-state index is 12.8. The van der Waals surface area contributed by atoms with E-state index in [2.05, 4.69) is 30.2 Å². The van der Waals surface area contributed by atoms with Gasteiger partial charge in [0.1, 0.15) is 5.52 Å². The lowest BCUT2D eigenvalue weighted by molar-refractivity contribution is 0.0600. The van der Waals surface area contributed by atoms with E-state index in [1.807, 2.05) is 42.5 Å². The van der Waals surface area contributed by atoms with Crippen LogP contribution >= 0.6 is 0 Å². The zero-order chi connectivity index (χ0) is 28.2. The average Bonchev–Trinajstić information content (AvgIpc) is 3.43. The number of ether oxygens (including phenoxy) is 1. The molecule has 0 saturated heterocycles. The fraction of sp³-hybridized carbons (Fsp3) is 0.333. The molecule has 1 aromatic heterocycles. The molecule has 3 aromatic carbocycles. The zero-order valence-corrected chi connectivity index (χ0v) is 23.1. The molecule has 1 aliphatic rings. The summed E-state index contributed by atoms with van der Waals surface area (Å²) in [6.45, 7) is 4.77. The highest BCUT2D eigenvalue weighted by Crippen LogP contribution is 2.36. The van der Waals surface area contributed by atoms with Gasteiger partial charge in [-0.2, -0.15) is 5.26 Å². The summed E-state index contributed by atoms with van der Waals surface area (Å²) in [5.41, 5.74) is 6.05. The molecule has 1 fully saturated rings. The summed E-state index contributed by atoms with van der Waals surface area (Å²) in [7, 11) is 1.39.